The van der Waals surface area contributed by atoms with Crippen LogP contribution < -0.4 is 20.9 Å². The van der Waals surface area contributed by atoms with Gasteiger partial charge in [-0.25, -0.2) is 15.0 Å². The second-order valence-electron chi connectivity index (χ2n) is 7.47. The molecule has 1 aliphatic heterocycles. The molecule has 10 nitrogen and oxygen atoms in total. The Bertz CT molecular complexity index is 1010. The van der Waals surface area contributed by atoms with Crippen molar-refractivity contribution in [3.63, 3.8) is 0 Å². The number of anilines is 4. The van der Waals surface area contributed by atoms with E-state index < -0.39 is 0 Å². The van der Waals surface area contributed by atoms with E-state index in [1.807, 2.05) is 25.1 Å². The predicted molar refractivity (Wildman–Crippen MR) is 122 cm³/mol. The van der Waals surface area contributed by atoms with Crippen LogP contribution in [-0.2, 0) is 4.74 Å². The van der Waals surface area contributed by atoms with Gasteiger partial charge in [0.15, 0.2) is 17.5 Å². The van der Waals surface area contributed by atoms with Crippen molar-refractivity contribution < 1.29 is 4.74 Å². The van der Waals surface area contributed by atoms with Gasteiger partial charge in [0, 0.05) is 51.4 Å². The molecule has 4 rings (SSSR count). The van der Waals surface area contributed by atoms with Crippen molar-refractivity contribution in [1.82, 2.24) is 30.5 Å². The molecule has 31 heavy (non-hydrogen) atoms. The van der Waals surface area contributed by atoms with E-state index >= 15 is 0 Å². The number of piperazine rings is 1. The Hall–Kier alpha value is -3.11. The van der Waals surface area contributed by atoms with Crippen molar-refractivity contribution in [3.05, 3.63) is 30.1 Å². The fraction of sp³-hybridized carbons (Fsp3) is 0.476. The Labute approximate surface area is 181 Å². The fourth-order valence-electron chi connectivity index (χ4n) is 3.39. The van der Waals surface area contributed by atoms with Crippen LogP contribution in [-0.4, -0.2) is 65.0 Å². The number of ether oxygens (including phenoxy) is 1. The van der Waals surface area contributed by atoms with Crippen molar-refractivity contribution in [2.24, 2.45) is 0 Å². The summed E-state index contributed by atoms with van der Waals surface area (Å²) < 4.78 is 5.44. The van der Waals surface area contributed by atoms with Crippen LogP contribution in [0.1, 0.15) is 32.1 Å². The molecule has 3 aromatic rings. The molecule has 0 saturated carbocycles. The van der Waals surface area contributed by atoms with Crippen molar-refractivity contribution in [2.45, 2.75) is 26.4 Å². The van der Waals surface area contributed by atoms with Gasteiger partial charge in [0.05, 0.1) is 11.8 Å². The standard InChI is InChI=1S/C21H29N9O/c1-4-7-23-20-19-15(12-16(25-20)14(2)31-3)13-24-21(27-19)26-17-5-6-18(29-28-17)30-10-8-22-9-11-30/h5-6,12-14,22H,4,7-11H2,1-3H3,(H,23,25)(H,24,26,27,28). The minimum absolute atomic E-state index is 0.117. The van der Waals surface area contributed by atoms with Crippen LogP contribution in [0, 0.1) is 0 Å². The molecule has 1 aliphatic rings. The zero-order valence-electron chi connectivity index (χ0n) is 18.2. The van der Waals surface area contributed by atoms with Crippen molar-refractivity contribution in [1.29, 1.82) is 0 Å². The van der Waals surface area contributed by atoms with E-state index in [0.717, 1.165) is 67.4 Å². The number of aromatic nitrogens is 5. The normalized spacial score (nSPS) is 15.1. The van der Waals surface area contributed by atoms with E-state index in [2.05, 4.69) is 47.9 Å². The number of nitrogens with zero attached hydrogens (tertiary/aromatic N) is 6. The number of pyridine rings is 1. The van der Waals surface area contributed by atoms with Gasteiger partial charge in [-0.05, 0) is 31.5 Å². The molecule has 0 bridgehead atoms. The van der Waals surface area contributed by atoms with E-state index in [9.17, 15) is 0 Å². The molecule has 0 aromatic carbocycles. The largest absolute Gasteiger partial charge is 0.375 e. The van der Waals surface area contributed by atoms with Gasteiger partial charge in [0.25, 0.3) is 0 Å². The molecule has 1 atom stereocenters. The van der Waals surface area contributed by atoms with Crippen molar-refractivity contribution in [3.8, 4) is 0 Å². The highest BCUT2D eigenvalue weighted by molar-refractivity contribution is 5.89. The predicted octanol–water partition coefficient (Wildman–Crippen LogP) is 2.50. The van der Waals surface area contributed by atoms with Gasteiger partial charge in [-0.2, -0.15) is 0 Å². The topological polar surface area (TPSA) is 113 Å². The Morgan fingerprint density at radius 1 is 1.19 bits per heavy atom. The van der Waals surface area contributed by atoms with E-state index in [1.165, 1.54) is 0 Å². The fourth-order valence-corrected chi connectivity index (χ4v) is 3.39. The lowest BCUT2D eigenvalue weighted by Crippen LogP contribution is -2.43. The van der Waals surface area contributed by atoms with Crippen LogP contribution in [0.2, 0.25) is 0 Å². The summed E-state index contributed by atoms with van der Waals surface area (Å²) >= 11 is 0. The maximum atomic E-state index is 5.44. The van der Waals surface area contributed by atoms with Crippen LogP contribution >= 0.6 is 0 Å². The number of hydrogen-bond acceptors (Lipinski definition) is 10. The van der Waals surface area contributed by atoms with Gasteiger partial charge in [0.2, 0.25) is 5.95 Å². The van der Waals surface area contributed by atoms with Gasteiger partial charge in [-0.1, -0.05) is 6.92 Å². The number of rotatable bonds is 8. The SMILES string of the molecule is CCCNc1nc(C(C)OC)cc2cnc(Nc3ccc(N4CCNCC4)nn3)nc12. The molecule has 10 heteroatoms. The first-order valence-corrected chi connectivity index (χ1v) is 10.7. The number of fused-ring (bicyclic) bond motifs is 1. The van der Waals surface area contributed by atoms with Crippen molar-refractivity contribution in [2.75, 3.05) is 55.4 Å². The van der Waals surface area contributed by atoms with Crippen LogP contribution in [0.3, 0.4) is 0 Å². The molecule has 0 radical (unpaired) electrons. The summed E-state index contributed by atoms with van der Waals surface area (Å²) in [6, 6.07) is 5.83. The van der Waals surface area contributed by atoms with Crippen LogP contribution in [0.4, 0.5) is 23.4 Å². The first-order chi connectivity index (χ1) is 15.2. The molecular weight excluding hydrogens is 394 g/mol. The molecule has 164 valence electrons. The lowest BCUT2D eigenvalue weighted by atomic mass is 10.2. The minimum atomic E-state index is -0.117. The summed E-state index contributed by atoms with van der Waals surface area (Å²) in [5, 5.41) is 19.4. The molecule has 1 unspecified atom stereocenters. The maximum Gasteiger partial charge on any atom is 0.229 e. The van der Waals surface area contributed by atoms with Gasteiger partial charge in [-0.3, -0.25) is 0 Å². The molecule has 4 heterocycles. The summed E-state index contributed by atoms with van der Waals surface area (Å²) in [6.07, 6.45) is 2.66. The third kappa shape index (κ3) is 4.97. The Kier molecular flexibility index (Phi) is 6.68. The van der Waals surface area contributed by atoms with Gasteiger partial charge < -0.3 is 25.6 Å². The zero-order chi connectivity index (χ0) is 21.6. The third-order valence-corrected chi connectivity index (χ3v) is 5.23. The second kappa shape index (κ2) is 9.80. The molecular formula is C21H29N9O. The number of hydrogen-bond donors (Lipinski definition) is 3. The van der Waals surface area contributed by atoms with Gasteiger partial charge >= 0.3 is 0 Å². The Morgan fingerprint density at radius 3 is 2.74 bits per heavy atom. The molecule has 0 spiro atoms. The van der Waals surface area contributed by atoms with E-state index in [1.54, 1.807) is 13.3 Å². The molecule has 1 saturated heterocycles. The average Bonchev–Trinajstić information content (AvgIpc) is 2.83. The number of methoxy groups -OCH3 is 1. The molecule has 0 aliphatic carbocycles. The Morgan fingerprint density at radius 2 is 2.03 bits per heavy atom. The molecule has 0 amide bonds. The molecule has 3 aromatic heterocycles. The molecule has 1 fully saturated rings. The first-order valence-electron chi connectivity index (χ1n) is 10.7. The summed E-state index contributed by atoms with van der Waals surface area (Å²) in [4.78, 5) is 16.1. The maximum absolute atomic E-state index is 5.44. The molecule has 3 N–H and O–H groups in total. The lowest BCUT2D eigenvalue weighted by Gasteiger charge is -2.27. The van der Waals surface area contributed by atoms with Crippen LogP contribution in [0.15, 0.2) is 24.4 Å². The highest BCUT2D eigenvalue weighted by atomic mass is 16.5. The van der Waals surface area contributed by atoms with Gasteiger partial charge in [-0.15, -0.1) is 10.2 Å². The quantitative estimate of drug-likeness (QED) is 0.499. The van der Waals surface area contributed by atoms with Crippen LogP contribution in [0.25, 0.3) is 10.9 Å². The smallest absolute Gasteiger partial charge is 0.229 e. The number of nitrogens with one attached hydrogen (secondary N) is 3. The lowest BCUT2D eigenvalue weighted by molar-refractivity contribution is 0.116. The van der Waals surface area contributed by atoms with Gasteiger partial charge in [0.1, 0.15) is 5.52 Å². The Balaban J connectivity index is 1.57. The van der Waals surface area contributed by atoms with E-state index in [0.29, 0.717) is 11.8 Å². The first kappa shape index (κ1) is 21.1. The zero-order valence-corrected chi connectivity index (χ0v) is 18.2. The third-order valence-electron chi connectivity index (χ3n) is 5.23. The van der Waals surface area contributed by atoms with Crippen LogP contribution in [0.5, 0.6) is 0 Å². The summed E-state index contributed by atoms with van der Waals surface area (Å²) in [6.45, 7) is 8.66. The second-order valence-corrected chi connectivity index (χ2v) is 7.47. The van der Waals surface area contributed by atoms with E-state index in [4.69, 9.17) is 9.72 Å². The van der Waals surface area contributed by atoms with Crippen molar-refractivity contribution >= 4 is 34.3 Å². The minimum Gasteiger partial charge on any atom is -0.375 e. The summed E-state index contributed by atoms with van der Waals surface area (Å²) in [7, 11) is 1.67. The van der Waals surface area contributed by atoms with E-state index in [-0.39, 0.29) is 6.10 Å². The highest BCUT2D eigenvalue weighted by Gasteiger charge is 2.15. The monoisotopic (exact) mass is 423 g/mol. The summed E-state index contributed by atoms with van der Waals surface area (Å²) in [5.41, 5.74) is 1.59. The average molecular weight is 424 g/mol. The highest BCUT2D eigenvalue weighted by Crippen LogP contribution is 2.26. The summed E-state index contributed by atoms with van der Waals surface area (Å²) in [5.74, 6) is 2.65.